The van der Waals surface area contributed by atoms with Crippen LogP contribution in [0.3, 0.4) is 0 Å². The summed E-state index contributed by atoms with van der Waals surface area (Å²) >= 11 is 0. The lowest BCUT2D eigenvalue weighted by Crippen LogP contribution is -2.62. The van der Waals surface area contributed by atoms with Crippen LogP contribution in [-0.2, 0) is 11.3 Å². The molecule has 140 valence electrons. The Morgan fingerprint density at radius 1 is 1.36 bits per heavy atom. The Hall–Kier alpha value is -1.48. The zero-order valence-corrected chi connectivity index (χ0v) is 15.2. The smallest absolute Gasteiger partial charge is 0.325 e. The molecule has 3 heterocycles. The summed E-state index contributed by atoms with van der Waals surface area (Å²) in [6.07, 6.45) is 4.03. The zero-order chi connectivity index (χ0) is 18.2. The number of hydrogen-bond donors (Lipinski definition) is 3. The largest absolute Gasteiger partial charge is 0.386 e. The van der Waals surface area contributed by atoms with E-state index in [1.165, 1.54) is 6.20 Å². The summed E-state index contributed by atoms with van der Waals surface area (Å²) in [5.41, 5.74) is -1.29. The molecule has 25 heavy (non-hydrogen) atoms. The molecule has 2 aliphatic rings. The number of nitrogens with one attached hydrogen (secondary N) is 2. The van der Waals surface area contributed by atoms with E-state index >= 15 is 0 Å². The highest BCUT2D eigenvalue weighted by molar-refractivity contribution is 5.05. The number of rotatable bonds is 3. The van der Waals surface area contributed by atoms with E-state index in [0.29, 0.717) is 18.7 Å². The predicted molar refractivity (Wildman–Crippen MR) is 93.6 cm³/mol. The average molecular weight is 352 g/mol. The molecule has 0 aliphatic carbocycles. The van der Waals surface area contributed by atoms with Crippen LogP contribution in [0, 0.1) is 0 Å². The molecule has 3 N–H and O–H groups in total. The van der Waals surface area contributed by atoms with Crippen LogP contribution in [0.5, 0.6) is 0 Å². The minimum Gasteiger partial charge on any atom is -0.386 e. The molecule has 2 fully saturated rings. The third kappa shape index (κ3) is 3.87. The number of hydrogen-bond acceptors (Lipinski definition) is 6. The zero-order valence-electron chi connectivity index (χ0n) is 15.2. The first-order chi connectivity index (χ1) is 11.7. The number of aliphatic hydroxyl groups is 1. The second-order valence-electron chi connectivity index (χ2n) is 7.89. The van der Waals surface area contributed by atoms with E-state index in [0.717, 1.165) is 32.4 Å². The lowest BCUT2D eigenvalue weighted by atomic mass is 9.77. The molecule has 0 saturated carbocycles. The number of aromatic nitrogens is 2. The number of nitrogens with zero attached hydrogens (tertiary/aromatic N) is 2. The highest BCUT2D eigenvalue weighted by Crippen LogP contribution is 2.39. The third-order valence-corrected chi connectivity index (χ3v) is 5.63. The lowest BCUT2D eigenvalue weighted by Gasteiger charge is -2.52. The summed E-state index contributed by atoms with van der Waals surface area (Å²) in [6, 6.07) is 0.0647. The van der Waals surface area contributed by atoms with Gasteiger partial charge in [0.2, 0.25) is 0 Å². The van der Waals surface area contributed by atoms with Gasteiger partial charge in [0.25, 0.3) is 5.56 Å². The molecular weight excluding hydrogens is 324 g/mol. The summed E-state index contributed by atoms with van der Waals surface area (Å²) in [6.45, 7) is 4.33. The molecule has 8 nitrogen and oxygen atoms in total. The van der Waals surface area contributed by atoms with Crippen LogP contribution in [0.25, 0.3) is 0 Å². The second kappa shape index (κ2) is 6.68. The van der Waals surface area contributed by atoms with Crippen LogP contribution in [-0.4, -0.2) is 75.9 Å². The number of likely N-dealkylation sites (N-methyl/N-ethyl adjacent to an activating group) is 1. The fourth-order valence-electron chi connectivity index (χ4n) is 4.03. The van der Waals surface area contributed by atoms with Gasteiger partial charge in [-0.25, -0.2) is 4.79 Å². The van der Waals surface area contributed by atoms with Crippen LogP contribution in [0.15, 0.2) is 15.8 Å². The summed E-state index contributed by atoms with van der Waals surface area (Å²) in [7, 11) is 3.99. The SMILES string of the molecule is CN(C)[C@H]1CC2(CCN(Cc3c[nH]c(=O)[nH]c3=O)CC2)OC[C@]1(C)O. The predicted octanol–water partition coefficient (Wildman–Crippen LogP) is -0.501. The van der Waals surface area contributed by atoms with E-state index in [9.17, 15) is 14.7 Å². The van der Waals surface area contributed by atoms with Gasteiger partial charge < -0.3 is 19.7 Å². The van der Waals surface area contributed by atoms with E-state index in [4.69, 9.17) is 4.74 Å². The van der Waals surface area contributed by atoms with Gasteiger partial charge in [0, 0.05) is 37.4 Å². The number of likely N-dealkylation sites (tertiary alicyclic amines) is 1. The van der Waals surface area contributed by atoms with Crippen LogP contribution in [0.4, 0.5) is 0 Å². The first-order valence-corrected chi connectivity index (χ1v) is 8.77. The van der Waals surface area contributed by atoms with Crippen molar-refractivity contribution in [1.82, 2.24) is 19.8 Å². The molecule has 3 rings (SSSR count). The topological polar surface area (TPSA) is 102 Å². The maximum atomic E-state index is 11.8. The molecule has 0 unspecified atom stereocenters. The molecule has 2 atom stereocenters. The molecule has 1 aromatic rings. The van der Waals surface area contributed by atoms with Crippen molar-refractivity contribution in [1.29, 1.82) is 0 Å². The van der Waals surface area contributed by atoms with Gasteiger partial charge in [0.1, 0.15) is 5.60 Å². The molecule has 0 radical (unpaired) electrons. The van der Waals surface area contributed by atoms with Crippen LogP contribution in [0.2, 0.25) is 0 Å². The van der Waals surface area contributed by atoms with E-state index in [2.05, 4.69) is 19.8 Å². The van der Waals surface area contributed by atoms with Crippen molar-refractivity contribution in [2.45, 2.75) is 50.0 Å². The number of H-pyrrole nitrogens is 2. The molecule has 2 saturated heterocycles. The van der Waals surface area contributed by atoms with Crippen molar-refractivity contribution in [2.24, 2.45) is 0 Å². The molecular formula is C17H28N4O4. The Labute approximate surface area is 146 Å². The molecule has 8 heteroatoms. The van der Waals surface area contributed by atoms with Crippen LogP contribution in [0.1, 0.15) is 31.7 Å². The quantitative estimate of drug-likeness (QED) is 0.678. The number of aromatic amines is 2. The van der Waals surface area contributed by atoms with Gasteiger partial charge in [-0.1, -0.05) is 0 Å². The van der Waals surface area contributed by atoms with Gasteiger partial charge in [0.15, 0.2) is 0 Å². The second-order valence-corrected chi connectivity index (χ2v) is 7.89. The monoisotopic (exact) mass is 352 g/mol. The van der Waals surface area contributed by atoms with Crippen molar-refractivity contribution >= 4 is 0 Å². The van der Waals surface area contributed by atoms with Gasteiger partial charge in [-0.05, 0) is 40.3 Å². The minimum absolute atomic E-state index is 0.0647. The van der Waals surface area contributed by atoms with Gasteiger partial charge in [-0.15, -0.1) is 0 Å². The number of piperidine rings is 1. The molecule has 2 aliphatic heterocycles. The fraction of sp³-hybridized carbons (Fsp3) is 0.765. The van der Waals surface area contributed by atoms with E-state index in [-0.39, 0.29) is 17.2 Å². The first kappa shape index (κ1) is 18.3. The van der Waals surface area contributed by atoms with Gasteiger partial charge >= 0.3 is 5.69 Å². The maximum Gasteiger partial charge on any atom is 0.325 e. The van der Waals surface area contributed by atoms with Crippen molar-refractivity contribution in [3.63, 3.8) is 0 Å². The Balaban J connectivity index is 1.63. The van der Waals surface area contributed by atoms with Crippen molar-refractivity contribution < 1.29 is 9.84 Å². The standard InChI is InChI=1S/C17H28N4O4/c1-16(24)11-25-17(8-13(16)20(2)3)4-6-21(7-5-17)10-12-9-18-15(23)19-14(12)22/h9,13,24H,4-8,10-11H2,1-3H3,(H2,18,19,22,23)/t13-,16-/m0/s1. The molecule has 0 amide bonds. The number of ether oxygens (including phenoxy) is 1. The first-order valence-electron chi connectivity index (χ1n) is 8.77. The molecule has 1 spiro atoms. The summed E-state index contributed by atoms with van der Waals surface area (Å²) in [4.78, 5) is 32.0. The molecule has 0 aromatic carbocycles. The minimum atomic E-state index is -0.838. The highest BCUT2D eigenvalue weighted by Gasteiger charge is 2.48. The summed E-state index contributed by atoms with van der Waals surface area (Å²) < 4.78 is 6.12. The molecule has 1 aromatic heterocycles. The van der Waals surface area contributed by atoms with E-state index in [1.807, 2.05) is 21.0 Å². The van der Waals surface area contributed by atoms with Crippen LogP contribution < -0.4 is 11.2 Å². The highest BCUT2D eigenvalue weighted by atomic mass is 16.5. The van der Waals surface area contributed by atoms with Crippen molar-refractivity contribution in [2.75, 3.05) is 33.8 Å². The van der Waals surface area contributed by atoms with Gasteiger partial charge in [-0.3, -0.25) is 14.7 Å². The summed E-state index contributed by atoms with van der Waals surface area (Å²) in [5, 5.41) is 10.6. The fourth-order valence-corrected chi connectivity index (χ4v) is 4.03. The van der Waals surface area contributed by atoms with Gasteiger partial charge in [-0.2, -0.15) is 0 Å². The molecule has 0 bridgehead atoms. The average Bonchev–Trinajstić information content (AvgIpc) is 2.54. The third-order valence-electron chi connectivity index (χ3n) is 5.63. The Kier molecular flexibility index (Phi) is 4.89. The Morgan fingerprint density at radius 2 is 2.04 bits per heavy atom. The summed E-state index contributed by atoms with van der Waals surface area (Å²) in [5.74, 6) is 0. The van der Waals surface area contributed by atoms with E-state index in [1.54, 1.807) is 0 Å². The van der Waals surface area contributed by atoms with Gasteiger partial charge in [0.05, 0.1) is 12.2 Å². The Bertz CT molecular complexity index is 716. The van der Waals surface area contributed by atoms with Crippen LogP contribution >= 0.6 is 0 Å². The lowest BCUT2D eigenvalue weighted by molar-refractivity contribution is -0.207. The van der Waals surface area contributed by atoms with Crippen molar-refractivity contribution in [3.05, 3.63) is 32.6 Å². The van der Waals surface area contributed by atoms with E-state index < -0.39 is 11.3 Å². The Morgan fingerprint density at radius 3 is 2.64 bits per heavy atom. The normalized spacial score (nSPS) is 30.0. The maximum absolute atomic E-state index is 11.8. The van der Waals surface area contributed by atoms with Crippen molar-refractivity contribution in [3.8, 4) is 0 Å².